The van der Waals surface area contributed by atoms with Gasteiger partial charge in [-0.05, 0) is 0 Å². The summed E-state index contributed by atoms with van der Waals surface area (Å²) in [4.78, 5) is 11.0. The molecule has 0 spiro atoms. The summed E-state index contributed by atoms with van der Waals surface area (Å²) < 4.78 is 7.05. The summed E-state index contributed by atoms with van der Waals surface area (Å²) in [6.07, 6.45) is 5.49. The van der Waals surface area contributed by atoms with E-state index in [1.807, 2.05) is 12.4 Å². The SMILES string of the molecule is COCCNCc1cnc(N2CCn3cnnc3C2)nc1. The number of methoxy groups -OCH3 is 1. The number of rotatable bonds is 6. The fourth-order valence-corrected chi connectivity index (χ4v) is 2.25. The van der Waals surface area contributed by atoms with Crippen LogP contribution in [0.4, 0.5) is 5.95 Å². The van der Waals surface area contributed by atoms with Crippen molar-refractivity contribution in [1.82, 2.24) is 30.0 Å². The Labute approximate surface area is 123 Å². The van der Waals surface area contributed by atoms with Gasteiger partial charge < -0.3 is 19.5 Å². The molecule has 0 aliphatic carbocycles. The predicted molar refractivity (Wildman–Crippen MR) is 76.7 cm³/mol. The molecule has 1 N–H and O–H groups in total. The van der Waals surface area contributed by atoms with Gasteiger partial charge in [0.05, 0.1) is 13.2 Å². The Morgan fingerprint density at radius 1 is 1.29 bits per heavy atom. The number of aromatic nitrogens is 5. The van der Waals surface area contributed by atoms with Crippen LogP contribution < -0.4 is 10.2 Å². The minimum Gasteiger partial charge on any atom is -0.383 e. The number of nitrogens with zero attached hydrogens (tertiary/aromatic N) is 6. The van der Waals surface area contributed by atoms with Crippen LogP contribution in [0.15, 0.2) is 18.7 Å². The highest BCUT2D eigenvalue weighted by Gasteiger charge is 2.19. The third-order valence-corrected chi connectivity index (χ3v) is 3.43. The molecule has 2 aromatic heterocycles. The van der Waals surface area contributed by atoms with Crippen LogP contribution in [-0.4, -0.2) is 51.5 Å². The molecular formula is C13H19N7O. The van der Waals surface area contributed by atoms with Crippen molar-refractivity contribution in [3.63, 3.8) is 0 Å². The molecule has 2 aromatic rings. The summed E-state index contributed by atoms with van der Waals surface area (Å²) >= 11 is 0. The van der Waals surface area contributed by atoms with Crippen LogP contribution in [0.3, 0.4) is 0 Å². The maximum atomic E-state index is 4.99. The lowest BCUT2D eigenvalue weighted by Crippen LogP contribution is -2.34. The molecule has 0 saturated carbocycles. The third-order valence-electron chi connectivity index (χ3n) is 3.43. The Hall–Kier alpha value is -2.06. The number of nitrogens with one attached hydrogen (secondary N) is 1. The first-order valence-electron chi connectivity index (χ1n) is 6.99. The maximum absolute atomic E-state index is 4.99. The van der Waals surface area contributed by atoms with Gasteiger partial charge in [-0.15, -0.1) is 10.2 Å². The summed E-state index contributed by atoms with van der Waals surface area (Å²) in [5, 5.41) is 11.3. The van der Waals surface area contributed by atoms with Gasteiger partial charge in [0.1, 0.15) is 6.33 Å². The van der Waals surface area contributed by atoms with Crippen molar-refractivity contribution in [3.05, 3.63) is 30.1 Å². The molecule has 0 aromatic carbocycles. The zero-order valence-electron chi connectivity index (χ0n) is 12.1. The number of hydrogen-bond acceptors (Lipinski definition) is 7. The van der Waals surface area contributed by atoms with Crippen LogP contribution in [0.25, 0.3) is 0 Å². The van der Waals surface area contributed by atoms with Crippen LogP contribution in [0.2, 0.25) is 0 Å². The summed E-state index contributed by atoms with van der Waals surface area (Å²) in [5.74, 6) is 1.69. The van der Waals surface area contributed by atoms with E-state index >= 15 is 0 Å². The molecule has 21 heavy (non-hydrogen) atoms. The number of anilines is 1. The second-order valence-electron chi connectivity index (χ2n) is 4.92. The number of hydrogen-bond donors (Lipinski definition) is 1. The van der Waals surface area contributed by atoms with E-state index in [0.717, 1.165) is 43.5 Å². The molecule has 0 atom stereocenters. The van der Waals surface area contributed by atoms with E-state index in [1.165, 1.54) is 0 Å². The Bertz CT molecular complexity index is 568. The van der Waals surface area contributed by atoms with E-state index in [4.69, 9.17) is 4.74 Å². The lowest BCUT2D eigenvalue weighted by atomic mass is 10.3. The van der Waals surface area contributed by atoms with E-state index in [1.54, 1.807) is 13.4 Å². The molecule has 0 saturated heterocycles. The van der Waals surface area contributed by atoms with E-state index < -0.39 is 0 Å². The van der Waals surface area contributed by atoms with Gasteiger partial charge in [-0.25, -0.2) is 9.97 Å². The van der Waals surface area contributed by atoms with Crippen molar-refractivity contribution in [2.24, 2.45) is 0 Å². The fourth-order valence-electron chi connectivity index (χ4n) is 2.25. The van der Waals surface area contributed by atoms with Crippen LogP contribution >= 0.6 is 0 Å². The summed E-state index contributed by atoms with van der Waals surface area (Å²) in [6.45, 7) is 4.71. The van der Waals surface area contributed by atoms with Crippen molar-refractivity contribution in [3.8, 4) is 0 Å². The fraction of sp³-hybridized carbons (Fsp3) is 0.538. The number of fused-ring (bicyclic) bond motifs is 1. The van der Waals surface area contributed by atoms with Crippen molar-refractivity contribution in [1.29, 1.82) is 0 Å². The number of ether oxygens (including phenoxy) is 1. The molecule has 0 fully saturated rings. The van der Waals surface area contributed by atoms with Gasteiger partial charge in [-0.2, -0.15) is 0 Å². The van der Waals surface area contributed by atoms with E-state index in [9.17, 15) is 0 Å². The topological polar surface area (TPSA) is 81.0 Å². The van der Waals surface area contributed by atoms with Gasteiger partial charge in [0.2, 0.25) is 5.95 Å². The van der Waals surface area contributed by atoms with Gasteiger partial charge in [0.15, 0.2) is 5.82 Å². The van der Waals surface area contributed by atoms with Gasteiger partial charge >= 0.3 is 0 Å². The normalized spacial score (nSPS) is 14.2. The first-order valence-corrected chi connectivity index (χ1v) is 6.99. The molecular weight excluding hydrogens is 270 g/mol. The molecule has 0 unspecified atom stereocenters. The predicted octanol–water partition coefficient (Wildman–Crippen LogP) is -0.176. The Kier molecular flexibility index (Phi) is 4.37. The first kappa shape index (κ1) is 13.9. The second kappa shape index (κ2) is 6.59. The first-order chi connectivity index (χ1) is 10.4. The van der Waals surface area contributed by atoms with Crippen molar-refractivity contribution in [2.45, 2.75) is 19.6 Å². The van der Waals surface area contributed by atoms with E-state index in [2.05, 4.69) is 34.9 Å². The molecule has 3 heterocycles. The molecule has 3 rings (SSSR count). The van der Waals surface area contributed by atoms with Crippen LogP contribution in [0.1, 0.15) is 11.4 Å². The minimum absolute atomic E-state index is 0.700. The quantitative estimate of drug-likeness (QED) is 0.739. The molecule has 0 bridgehead atoms. The third kappa shape index (κ3) is 3.34. The van der Waals surface area contributed by atoms with Gasteiger partial charge in [-0.3, -0.25) is 0 Å². The standard InChI is InChI=1S/C13H19N7O/c1-21-5-2-14-6-11-7-15-13(16-8-11)19-3-4-20-10-17-18-12(20)9-19/h7-8,10,14H,2-6,9H2,1H3. The summed E-state index contributed by atoms with van der Waals surface area (Å²) in [6, 6.07) is 0. The van der Waals surface area contributed by atoms with Crippen molar-refractivity contribution in [2.75, 3.05) is 31.7 Å². The monoisotopic (exact) mass is 289 g/mol. The average Bonchev–Trinajstić information content (AvgIpc) is 3.00. The lowest BCUT2D eigenvalue weighted by Gasteiger charge is -2.26. The van der Waals surface area contributed by atoms with Crippen LogP contribution in [0, 0.1) is 0 Å². The molecule has 112 valence electrons. The zero-order valence-corrected chi connectivity index (χ0v) is 12.1. The highest BCUT2D eigenvalue weighted by atomic mass is 16.5. The molecule has 8 nitrogen and oxygen atoms in total. The lowest BCUT2D eigenvalue weighted by molar-refractivity contribution is 0.199. The Balaban J connectivity index is 1.57. The molecule has 1 aliphatic rings. The highest BCUT2D eigenvalue weighted by molar-refractivity contribution is 5.31. The molecule has 0 amide bonds. The second-order valence-corrected chi connectivity index (χ2v) is 4.92. The largest absolute Gasteiger partial charge is 0.383 e. The Morgan fingerprint density at radius 3 is 2.95 bits per heavy atom. The molecule has 8 heteroatoms. The van der Waals surface area contributed by atoms with Gasteiger partial charge in [0, 0.05) is 51.2 Å². The highest BCUT2D eigenvalue weighted by Crippen LogP contribution is 2.15. The van der Waals surface area contributed by atoms with Gasteiger partial charge in [-0.1, -0.05) is 0 Å². The van der Waals surface area contributed by atoms with E-state index in [-0.39, 0.29) is 0 Å². The summed E-state index contributed by atoms with van der Waals surface area (Å²) in [7, 11) is 1.69. The molecule has 0 radical (unpaired) electrons. The van der Waals surface area contributed by atoms with Crippen LogP contribution in [-0.2, 0) is 24.4 Å². The minimum atomic E-state index is 0.700. The zero-order chi connectivity index (χ0) is 14.5. The smallest absolute Gasteiger partial charge is 0.225 e. The van der Waals surface area contributed by atoms with Crippen molar-refractivity contribution >= 4 is 5.95 Å². The van der Waals surface area contributed by atoms with E-state index in [0.29, 0.717) is 13.2 Å². The van der Waals surface area contributed by atoms with Crippen LogP contribution in [0.5, 0.6) is 0 Å². The maximum Gasteiger partial charge on any atom is 0.225 e. The average molecular weight is 289 g/mol. The molecule has 1 aliphatic heterocycles. The van der Waals surface area contributed by atoms with Gasteiger partial charge in [0.25, 0.3) is 0 Å². The van der Waals surface area contributed by atoms with Crippen molar-refractivity contribution < 1.29 is 4.74 Å². The Morgan fingerprint density at radius 2 is 2.14 bits per heavy atom. The summed E-state index contributed by atoms with van der Waals surface area (Å²) in [5.41, 5.74) is 1.06.